The maximum Gasteiger partial charge on any atom is 0.418 e. The van der Waals surface area contributed by atoms with Crippen molar-refractivity contribution in [1.82, 2.24) is 0 Å². The number of aryl methyl sites for hydroxylation is 2. The zero-order valence-electron chi connectivity index (χ0n) is 21.1. The summed E-state index contributed by atoms with van der Waals surface area (Å²) in [7, 11) is 1.41. The minimum Gasteiger partial charge on any atom is -0.493 e. The van der Waals surface area contributed by atoms with Crippen LogP contribution in [0.4, 0.5) is 24.5 Å². The van der Waals surface area contributed by atoms with Gasteiger partial charge in [-0.25, -0.2) is 0 Å². The van der Waals surface area contributed by atoms with Gasteiger partial charge in [-0.05, 0) is 61.4 Å². The molecule has 3 aromatic rings. The van der Waals surface area contributed by atoms with Crippen LogP contribution in [0.25, 0.3) is 6.08 Å². The minimum atomic E-state index is -4.61. The van der Waals surface area contributed by atoms with E-state index in [1.807, 2.05) is 32.0 Å². The lowest BCUT2D eigenvalue weighted by Gasteiger charge is -2.17. The van der Waals surface area contributed by atoms with E-state index in [9.17, 15) is 22.8 Å². The minimum absolute atomic E-state index is 0.205. The molecule has 0 atom stereocenters. The molecule has 3 aromatic carbocycles. The number of amides is 2. The number of rotatable bonds is 7. The van der Waals surface area contributed by atoms with Gasteiger partial charge >= 0.3 is 6.18 Å². The number of methoxy groups -OCH3 is 1. The van der Waals surface area contributed by atoms with Gasteiger partial charge in [0.05, 0.1) is 29.0 Å². The average Bonchev–Trinajstić information content (AvgIpc) is 3.15. The smallest absolute Gasteiger partial charge is 0.418 e. The van der Waals surface area contributed by atoms with E-state index >= 15 is 0 Å². The second-order valence-electron chi connectivity index (χ2n) is 8.60. The van der Waals surface area contributed by atoms with Gasteiger partial charge in [-0.15, -0.1) is 0 Å². The Morgan fingerprint density at radius 1 is 1.08 bits per heavy atom. The number of hydrogen-bond acceptors (Lipinski definition) is 6. The second kappa shape index (κ2) is 11.5. The predicted octanol–water partition coefficient (Wildman–Crippen LogP) is 6.75. The Hall–Kier alpha value is -3.83. The maximum absolute atomic E-state index is 13.2. The molecule has 1 saturated heterocycles. The highest BCUT2D eigenvalue weighted by molar-refractivity contribution is 8.27. The third-order valence-corrected chi connectivity index (χ3v) is 7.04. The number of nitrogens with one attached hydrogen (secondary N) is 1. The van der Waals surface area contributed by atoms with E-state index in [0.717, 1.165) is 22.9 Å². The van der Waals surface area contributed by atoms with Crippen LogP contribution in [0, 0.1) is 13.8 Å². The van der Waals surface area contributed by atoms with Gasteiger partial charge in [0, 0.05) is 0 Å². The van der Waals surface area contributed by atoms with Crippen molar-refractivity contribution in [1.29, 1.82) is 0 Å². The van der Waals surface area contributed by atoms with Gasteiger partial charge in [-0.3, -0.25) is 14.5 Å². The van der Waals surface area contributed by atoms with Gasteiger partial charge in [-0.1, -0.05) is 59.9 Å². The first-order valence-corrected chi connectivity index (χ1v) is 12.8. The molecule has 0 bridgehead atoms. The monoisotopic (exact) mass is 572 g/mol. The zero-order valence-corrected chi connectivity index (χ0v) is 22.7. The first kappa shape index (κ1) is 28.2. The quantitative estimate of drug-likeness (QED) is 0.250. The molecule has 202 valence electrons. The standard InChI is InChI=1S/C28H23F3N2O4S2/c1-16-8-10-21(17(2)12-16)33-26(35)24(39-27(33)38)14-18-9-11-22(23(13-18)36-3)37-15-25(34)32-20-7-5-4-6-19(20)28(29,30)31/h4-14H,15H2,1-3H3,(H,32,34)/b24-14-. The number of para-hydroxylation sites is 1. The highest BCUT2D eigenvalue weighted by Crippen LogP contribution is 2.39. The molecule has 1 fully saturated rings. The topological polar surface area (TPSA) is 67.9 Å². The molecule has 1 heterocycles. The van der Waals surface area contributed by atoms with Crippen LogP contribution in [0.15, 0.2) is 65.6 Å². The number of nitrogens with zero attached hydrogens (tertiary/aromatic N) is 1. The van der Waals surface area contributed by atoms with Gasteiger partial charge in [0.15, 0.2) is 22.4 Å². The first-order chi connectivity index (χ1) is 18.5. The number of anilines is 2. The number of hydrogen-bond donors (Lipinski definition) is 1. The van der Waals surface area contributed by atoms with E-state index in [2.05, 4.69) is 5.32 Å². The molecular weight excluding hydrogens is 549 g/mol. The maximum atomic E-state index is 13.2. The van der Waals surface area contributed by atoms with Crippen LogP contribution < -0.4 is 19.7 Å². The molecular formula is C28H23F3N2O4S2. The van der Waals surface area contributed by atoms with Crippen molar-refractivity contribution in [2.75, 3.05) is 23.9 Å². The predicted molar refractivity (Wildman–Crippen MR) is 150 cm³/mol. The fourth-order valence-corrected chi connectivity index (χ4v) is 5.23. The average molecular weight is 573 g/mol. The Morgan fingerprint density at radius 2 is 1.82 bits per heavy atom. The van der Waals surface area contributed by atoms with Crippen molar-refractivity contribution < 1.29 is 32.2 Å². The van der Waals surface area contributed by atoms with E-state index in [0.29, 0.717) is 14.8 Å². The third kappa shape index (κ3) is 6.43. The molecule has 1 aliphatic rings. The summed E-state index contributed by atoms with van der Waals surface area (Å²) < 4.78 is 50.8. The van der Waals surface area contributed by atoms with Gasteiger partial charge < -0.3 is 14.8 Å². The van der Waals surface area contributed by atoms with E-state index in [1.54, 1.807) is 24.3 Å². The van der Waals surface area contributed by atoms with Crippen LogP contribution in [-0.4, -0.2) is 29.9 Å². The van der Waals surface area contributed by atoms with Crippen molar-refractivity contribution in [3.05, 3.63) is 87.8 Å². The summed E-state index contributed by atoms with van der Waals surface area (Å²) in [6.45, 7) is 3.35. The number of carbonyl (C=O) groups excluding carboxylic acids is 2. The highest BCUT2D eigenvalue weighted by atomic mass is 32.2. The number of carbonyl (C=O) groups is 2. The molecule has 0 aromatic heterocycles. The fraction of sp³-hybridized carbons (Fsp3) is 0.179. The van der Waals surface area contributed by atoms with Crippen molar-refractivity contribution in [3.8, 4) is 11.5 Å². The fourth-order valence-electron chi connectivity index (χ4n) is 3.95. The van der Waals surface area contributed by atoms with Crippen LogP contribution in [0.2, 0.25) is 0 Å². The summed E-state index contributed by atoms with van der Waals surface area (Å²) in [6.07, 6.45) is -2.94. The normalized spacial score (nSPS) is 14.6. The highest BCUT2D eigenvalue weighted by Gasteiger charge is 2.35. The number of ether oxygens (including phenoxy) is 2. The van der Waals surface area contributed by atoms with Crippen molar-refractivity contribution in [2.24, 2.45) is 0 Å². The van der Waals surface area contributed by atoms with Gasteiger partial charge in [-0.2, -0.15) is 13.2 Å². The Balaban J connectivity index is 1.47. The number of alkyl halides is 3. The molecule has 0 aliphatic carbocycles. The largest absolute Gasteiger partial charge is 0.493 e. The van der Waals surface area contributed by atoms with Crippen LogP contribution >= 0.6 is 24.0 Å². The van der Waals surface area contributed by atoms with Crippen LogP contribution in [0.1, 0.15) is 22.3 Å². The number of thioether (sulfide) groups is 1. The van der Waals surface area contributed by atoms with Crippen molar-refractivity contribution in [2.45, 2.75) is 20.0 Å². The lowest BCUT2D eigenvalue weighted by Crippen LogP contribution is -2.28. The Kier molecular flexibility index (Phi) is 8.31. The molecule has 0 unspecified atom stereocenters. The third-order valence-electron chi connectivity index (χ3n) is 5.74. The second-order valence-corrected chi connectivity index (χ2v) is 10.3. The molecule has 11 heteroatoms. The van der Waals surface area contributed by atoms with E-state index in [1.165, 1.54) is 42.0 Å². The summed E-state index contributed by atoms with van der Waals surface area (Å²) in [5.41, 5.74) is 2.05. The summed E-state index contributed by atoms with van der Waals surface area (Å²) in [6, 6.07) is 15.3. The Morgan fingerprint density at radius 3 is 2.51 bits per heavy atom. The van der Waals surface area contributed by atoms with Crippen LogP contribution in [0.3, 0.4) is 0 Å². The van der Waals surface area contributed by atoms with Gasteiger partial charge in [0.1, 0.15) is 0 Å². The first-order valence-electron chi connectivity index (χ1n) is 11.6. The molecule has 6 nitrogen and oxygen atoms in total. The summed E-state index contributed by atoms with van der Waals surface area (Å²) in [5.74, 6) is -0.534. The molecule has 0 saturated carbocycles. The lowest BCUT2D eigenvalue weighted by molar-refractivity contribution is -0.137. The number of halogens is 3. The Labute approximate surface area is 232 Å². The molecule has 0 radical (unpaired) electrons. The van der Waals surface area contributed by atoms with E-state index < -0.39 is 24.3 Å². The molecule has 1 N–H and O–H groups in total. The SMILES string of the molecule is COc1cc(/C=C2\SC(=S)N(c3ccc(C)cc3C)C2=O)ccc1OCC(=O)Nc1ccccc1C(F)(F)F. The van der Waals surface area contributed by atoms with E-state index in [-0.39, 0.29) is 23.1 Å². The number of thiocarbonyl (C=S) groups is 1. The van der Waals surface area contributed by atoms with Crippen molar-refractivity contribution >= 4 is 57.6 Å². The molecule has 4 rings (SSSR count). The molecule has 2 amide bonds. The Bertz CT molecular complexity index is 1490. The van der Waals surface area contributed by atoms with Crippen LogP contribution in [-0.2, 0) is 15.8 Å². The lowest BCUT2D eigenvalue weighted by atomic mass is 10.1. The number of benzene rings is 3. The van der Waals surface area contributed by atoms with Gasteiger partial charge in [0.25, 0.3) is 11.8 Å². The molecule has 1 aliphatic heterocycles. The summed E-state index contributed by atoms with van der Waals surface area (Å²) >= 11 is 6.65. The zero-order chi connectivity index (χ0) is 28.3. The van der Waals surface area contributed by atoms with Crippen molar-refractivity contribution in [3.63, 3.8) is 0 Å². The van der Waals surface area contributed by atoms with Gasteiger partial charge in [0.2, 0.25) is 0 Å². The van der Waals surface area contributed by atoms with Crippen LogP contribution in [0.5, 0.6) is 11.5 Å². The molecule has 39 heavy (non-hydrogen) atoms. The summed E-state index contributed by atoms with van der Waals surface area (Å²) in [4.78, 5) is 27.4. The van der Waals surface area contributed by atoms with E-state index in [4.69, 9.17) is 21.7 Å². The summed E-state index contributed by atoms with van der Waals surface area (Å²) in [5, 5.41) is 2.23. The molecule has 0 spiro atoms.